The van der Waals surface area contributed by atoms with Gasteiger partial charge >= 0.3 is 0 Å². The van der Waals surface area contributed by atoms with Crippen LogP contribution in [0.25, 0.3) is 0 Å². The van der Waals surface area contributed by atoms with Crippen molar-refractivity contribution in [2.24, 2.45) is 0 Å². The zero-order valence-electron chi connectivity index (χ0n) is 8.66. The molecule has 2 N–H and O–H groups in total. The summed E-state index contributed by atoms with van der Waals surface area (Å²) in [5.41, 5.74) is 2.13. The van der Waals surface area contributed by atoms with E-state index in [-0.39, 0.29) is 6.10 Å². The zero-order valence-corrected chi connectivity index (χ0v) is 8.66. The second-order valence-corrected chi connectivity index (χ2v) is 3.32. The average molecular weight is 195 g/mol. The minimum absolute atomic E-state index is 0.342. The molecule has 0 saturated carbocycles. The summed E-state index contributed by atoms with van der Waals surface area (Å²) >= 11 is 0. The third-order valence-electron chi connectivity index (χ3n) is 1.91. The molecule has 0 fully saturated rings. The highest BCUT2D eigenvalue weighted by Gasteiger charge is 2.01. The summed E-state index contributed by atoms with van der Waals surface area (Å²) in [4.78, 5) is 0. The van der Waals surface area contributed by atoms with Gasteiger partial charge in [0.25, 0.3) is 0 Å². The number of aliphatic hydroxyl groups excluding tert-OH is 1. The predicted octanol–water partition coefficient (Wildman–Crippen LogP) is 1.63. The third-order valence-corrected chi connectivity index (χ3v) is 1.91. The Morgan fingerprint density at radius 2 is 2.14 bits per heavy atom. The van der Waals surface area contributed by atoms with E-state index in [2.05, 4.69) is 5.32 Å². The number of hydrogen-bond donors (Lipinski definition) is 2. The van der Waals surface area contributed by atoms with Gasteiger partial charge < -0.3 is 15.2 Å². The van der Waals surface area contributed by atoms with E-state index in [1.54, 1.807) is 14.0 Å². The molecule has 78 valence electrons. The molecule has 0 amide bonds. The smallest absolute Gasteiger partial charge is 0.0733 e. The number of rotatable bonds is 5. The molecule has 0 heterocycles. The van der Waals surface area contributed by atoms with Crippen LogP contribution in [0.15, 0.2) is 24.3 Å². The van der Waals surface area contributed by atoms with E-state index >= 15 is 0 Å². The molecule has 1 atom stereocenters. The first-order valence-electron chi connectivity index (χ1n) is 4.73. The van der Waals surface area contributed by atoms with Gasteiger partial charge in [0.2, 0.25) is 0 Å². The Morgan fingerprint density at radius 1 is 1.43 bits per heavy atom. The molecule has 3 nitrogen and oxygen atoms in total. The van der Waals surface area contributed by atoms with Gasteiger partial charge in [-0.3, -0.25) is 0 Å². The van der Waals surface area contributed by atoms with E-state index < -0.39 is 0 Å². The molecule has 3 heteroatoms. The van der Waals surface area contributed by atoms with Crippen molar-refractivity contribution in [2.45, 2.75) is 19.6 Å². The number of benzene rings is 1. The molecule has 0 bridgehead atoms. The molecule has 1 aromatic carbocycles. The number of para-hydroxylation sites is 1. The van der Waals surface area contributed by atoms with E-state index in [1.807, 2.05) is 24.3 Å². The second-order valence-electron chi connectivity index (χ2n) is 3.32. The number of hydrogen-bond acceptors (Lipinski definition) is 3. The Morgan fingerprint density at radius 3 is 2.79 bits per heavy atom. The SMILES string of the molecule is COCc1ccccc1NC[C@H](C)O. The lowest BCUT2D eigenvalue weighted by molar-refractivity contribution is 0.185. The normalized spacial score (nSPS) is 12.5. The van der Waals surface area contributed by atoms with Crippen LogP contribution in [0.1, 0.15) is 12.5 Å². The Hall–Kier alpha value is -1.06. The summed E-state index contributed by atoms with van der Waals surface area (Å²) in [6.45, 7) is 2.90. The van der Waals surface area contributed by atoms with Crippen molar-refractivity contribution in [1.29, 1.82) is 0 Å². The van der Waals surface area contributed by atoms with Crippen molar-refractivity contribution in [3.05, 3.63) is 29.8 Å². The second kappa shape index (κ2) is 5.62. The van der Waals surface area contributed by atoms with Crippen molar-refractivity contribution < 1.29 is 9.84 Å². The highest BCUT2D eigenvalue weighted by molar-refractivity contribution is 5.50. The monoisotopic (exact) mass is 195 g/mol. The van der Waals surface area contributed by atoms with Crippen LogP contribution in [0.4, 0.5) is 5.69 Å². The Labute approximate surface area is 84.7 Å². The fourth-order valence-electron chi connectivity index (χ4n) is 1.23. The maximum Gasteiger partial charge on any atom is 0.0733 e. The predicted molar refractivity (Wildman–Crippen MR) is 57.3 cm³/mol. The topological polar surface area (TPSA) is 41.5 Å². The number of anilines is 1. The molecule has 1 rings (SSSR count). The largest absolute Gasteiger partial charge is 0.392 e. The Balaban J connectivity index is 2.64. The Bertz CT molecular complexity index is 274. The quantitative estimate of drug-likeness (QED) is 0.750. The van der Waals surface area contributed by atoms with Gasteiger partial charge in [-0.25, -0.2) is 0 Å². The van der Waals surface area contributed by atoms with E-state index in [4.69, 9.17) is 9.84 Å². The van der Waals surface area contributed by atoms with Gasteiger partial charge in [0.05, 0.1) is 12.7 Å². The van der Waals surface area contributed by atoms with Gasteiger partial charge in [-0.05, 0) is 13.0 Å². The van der Waals surface area contributed by atoms with E-state index in [9.17, 15) is 0 Å². The molecule has 0 radical (unpaired) electrons. The molecular formula is C11H17NO2. The molecular weight excluding hydrogens is 178 g/mol. The lowest BCUT2D eigenvalue weighted by Crippen LogP contribution is -2.16. The third kappa shape index (κ3) is 3.36. The highest BCUT2D eigenvalue weighted by atomic mass is 16.5. The van der Waals surface area contributed by atoms with Gasteiger partial charge in [0.15, 0.2) is 0 Å². The van der Waals surface area contributed by atoms with Gasteiger partial charge in [0.1, 0.15) is 0 Å². The van der Waals surface area contributed by atoms with Crippen LogP contribution < -0.4 is 5.32 Å². The number of nitrogens with one attached hydrogen (secondary N) is 1. The lowest BCUT2D eigenvalue weighted by Gasteiger charge is -2.12. The summed E-state index contributed by atoms with van der Waals surface area (Å²) in [5, 5.41) is 12.3. The van der Waals surface area contributed by atoms with Crippen LogP contribution in [0.2, 0.25) is 0 Å². The van der Waals surface area contributed by atoms with Crippen molar-refractivity contribution in [3.63, 3.8) is 0 Å². The summed E-state index contributed by atoms with van der Waals surface area (Å²) < 4.78 is 5.07. The van der Waals surface area contributed by atoms with Gasteiger partial charge in [0, 0.05) is 24.9 Å². The fraction of sp³-hybridized carbons (Fsp3) is 0.455. The number of aliphatic hydroxyl groups is 1. The van der Waals surface area contributed by atoms with E-state index in [0.717, 1.165) is 11.3 Å². The average Bonchev–Trinajstić information content (AvgIpc) is 2.17. The molecule has 14 heavy (non-hydrogen) atoms. The molecule has 0 aliphatic heterocycles. The first kappa shape index (κ1) is 11.0. The first-order valence-corrected chi connectivity index (χ1v) is 4.73. The van der Waals surface area contributed by atoms with Crippen molar-refractivity contribution in [3.8, 4) is 0 Å². The van der Waals surface area contributed by atoms with Crippen LogP contribution in [0.5, 0.6) is 0 Å². The van der Waals surface area contributed by atoms with Crippen LogP contribution in [-0.4, -0.2) is 24.9 Å². The lowest BCUT2D eigenvalue weighted by atomic mass is 10.2. The maximum atomic E-state index is 9.14. The Kier molecular flexibility index (Phi) is 4.43. The van der Waals surface area contributed by atoms with Crippen molar-refractivity contribution >= 4 is 5.69 Å². The fourth-order valence-corrected chi connectivity index (χ4v) is 1.23. The summed E-state index contributed by atoms with van der Waals surface area (Å²) in [6.07, 6.45) is -0.342. The standard InChI is InChI=1S/C11H17NO2/c1-9(13)7-12-11-6-4-3-5-10(11)8-14-2/h3-6,9,12-13H,7-8H2,1-2H3/t9-/m0/s1. The van der Waals surface area contributed by atoms with Crippen LogP contribution in [0.3, 0.4) is 0 Å². The molecule has 0 saturated heterocycles. The summed E-state index contributed by atoms with van der Waals surface area (Å²) in [7, 11) is 1.67. The molecule has 0 unspecified atom stereocenters. The van der Waals surface area contributed by atoms with E-state index in [0.29, 0.717) is 13.2 Å². The molecule has 0 aliphatic carbocycles. The van der Waals surface area contributed by atoms with Crippen LogP contribution in [0, 0.1) is 0 Å². The summed E-state index contributed by atoms with van der Waals surface area (Å²) in [5.74, 6) is 0. The highest BCUT2D eigenvalue weighted by Crippen LogP contribution is 2.15. The first-order chi connectivity index (χ1) is 6.74. The van der Waals surface area contributed by atoms with Gasteiger partial charge in [-0.1, -0.05) is 18.2 Å². The maximum absolute atomic E-state index is 9.14. The number of ether oxygens (including phenoxy) is 1. The minimum Gasteiger partial charge on any atom is -0.392 e. The molecule has 0 aliphatic rings. The number of methoxy groups -OCH3 is 1. The van der Waals surface area contributed by atoms with Crippen LogP contribution in [-0.2, 0) is 11.3 Å². The molecule has 0 spiro atoms. The van der Waals surface area contributed by atoms with Gasteiger partial charge in [-0.15, -0.1) is 0 Å². The van der Waals surface area contributed by atoms with Crippen molar-refractivity contribution in [2.75, 3.05) is 19.0 Å². The summed E-state index contributed by atoms with van der Waals surface area (Å²) in [6, 6.07) is 7.93. The van der Waals surface area contributed by atoms with Crippen molar-refractivity contribution in [1.82, 2.24) is 0 Å². The van der Waals surface area contributed by atoms with Gasteiger partial charge in [-0.2, -0.15) is 0 Å². The zero-order chi connectivity index (χ0) is 10.4. The van der Waals surface area contributed by atoms with Crippen LogP contribution >= 0.6 is 0 Å². The van der Waals surface area contributed by atoms with E-state index in [1.165, 1.54) is 0 Å². The minimum atomic E-state index is -0.342. The molecule has 0 aromatic heterocycles. The molecule has 1 aromatic rings.